The predicted molar refractivity (Wildman–Crippen MR) is 131 cm³/mol. The molecular weight excluding hydrogens is 449 g/mol. The zero-order valence-corrected chi connectivity index (χ0v) is 18.9. The molecule has 2 amide bonds. The zero-order valence-electron chi connectivity index (χ0n) is 18.9. The molecule has 1 aromatic heterocycles. The SMILES string of the molecule is O=C(COc1ccccc1)Nc1c(C(=O)N2CCN(c3ccccc3F)CC2)oc2ccccc12. The van der Waals surface area contributed by atoms with Crippen LogP contribution in [0.15, 0.2) is 83.3 Å². The summed E-state index contributed by atoms with van der Waals surface area (Å²) >= 11 is 0. The lowest BCUT2D eigenvalue weighted by Crippen LogP contribution is -2.49. The lowest BCUT2D eigenvalue weighted by atomic mass is 10.2. The fourth-order valence-corrected chi connectivity index (χ4v) is 4.16. The molecule has 0 aliphatic carbocycles. The molecule has 8 heteroatoms. The Hall–Kier alpha value is -4.33. The van der Waals surface area contributed by atoms with Crippen molar-refractivity contribution in [3.63, 3.8) is 0 Å². The molecule has 0 radical (unpaired) electrons. The van der Waals surface area contributed by atoms with Gasteiger partial charge in [0.05, 0.1) is 5.69 Å². The van der Waals surface area contributed by atoms with Crippen LogP contribution in [0.5, 0.6) is 5.75 Å². The van der Waals surface area contributed by atoms with E-state index in [2.05, 4.69) is 5.32 Å². The Balaban J connectivity index is 1.31. The van der Waals surface area contributed by atoms with E-state index < -0.39 is 5.91 Å². The molecule has 3 aromatic carbocycles. The fourth-order valence-electron chi connectivity index (χ4n) is 4.16. The number of piperazine rings is 1. The minimum Gasteiger partial charge on any atom is -0.484 e. The maximum absolute atomic E-state index is 14.2. The third kappa shape index (κ3) is 4.82. The Kier molecular flexibility index (Phi) is 6.34. The Morgan fingerprint density at radius 2 is 1.57 bits per heavy atom. The van der Waals surface area contributed by atoms with Crippen LogP contribution in [0.1, 0.15) is 10.6 Å². The number of para-hydroxylation sites is 3. The molecule has 1 aliphatic rings. The maximum atomic E-state index is 14.2. The van der Waals surface area contributed by atoms with Gasteiger partial charge in [-0.3, -0.25) is 9.59 Å². The van der Waals surface area contributed by atoms with Crippen molar-refractivity contribution in [3.05, 3.63) is 90.4 Å². The second-order valence-electron chi connectivity index (χ2n) is 8.18. The van der Waals surface area contributed by atoms with Gasteiger partial charge in [0.15, 0.2) is 6.61 Å². The highest BCUT2D eigenvalue weighted by Gasteiger charge is 2.29. The van der Waals surface area contributed by atoms with Crippen molar-refractivity contribution in [2.75, 3.05) is 43.0 Å². The van der Waals surface area contributed by atoms with Gasteiger partial charge in [-0.2, -0.15) is 0 Å². The molecule has 5 rings (SSSR count). The molecule has 178 valence electrons. The topological polar surface area (TPSA) is 75.0 Å². The van der Waals surface area contributed by atoms with Gasteiger partial charge < -0.3 is 24.3 Å². The smallest absolute Gasteiger partial charge is 0.291 e. The van der Waals surface area contributed by atoms with Crippen molar-refractivity contribution in [3.8, 4) is 5.75 Å². The molecule has 0 unspecified atom stereocenters. The van der Waals surface area contributed by atoms with Crippen molar-refractivity contribution in [2.24, 2.45) is 0 Å². The van der Waals surface area contributed by atoms with E-state index >= 15 is 0 Å². The Morgan fingerprint density at radius 3 is 2.34 bits per heavy atom. The molecule has 2 heterocycles. The van der Waals surface area contributed by atoms with Crippen molar-refractivity contribution in [1.29, 1.82) is 0 Å². The first-order valence-electron chi connectivity index (χ1n) is 11.4. The first-order chi connectivity index (χ1) is 17.1. The Bertz CT molecular complexity index is 1350. The number of furan rings is 1. The monoisotopic (exact) mass is 473 g/mol. The summed E-state index contributed by atoms with van der Waals surface area (Å²) in [5, 5.41) is 3.43. The summed E-state index contributed by atoms with van der Waals surface area (Å²) in [4.78, 5) is 29.7. The van der Waals surface area contributed by atoms with Gasteiger partial charge in [0.1, 0.15) is 22.8 Å². The summed E-state index contributed by atoms with van der Waals surface area (Å²) in [6, 6.07) is 22.8. The number of rotatable bonds is 6. The quantitative estimate of drug-likeness (QED) is 0.445. The van der Waals surface area contributed by atoms with E-state index in [1.807, 2.05) is 29.2 Å². The maximum Gasteiger partial charge on any atom is 0.291 e. The summed E-state index contributed by atoms with van der Waals surface area (Å²) < 4.78 is 25.6. The molecule has 0 spiro atoms. The van der Waals surface area contributed by atoms with Crippen LogP contribution in [0.4, 0.5) is 15.8 Å². The number of nitrogens with one attached hydrogen (secondary N) is 1. The summed E-state index contributed by atoms with van der Waals surface area (Å²) in [5.74, 6) is -0.373. The Labute approximate surface area is 201 Å². The van der Waals surface area contributed by atoms with Gasteiger partial charge in [-0.05, 0) is 36.4 Å². The van der Waals surface area contributed by atoms with Gasteiger partial charge in [-0.1, -0.05) is 42.5 Å². The molecule has 0 atom stereocenters. The molecule has 1 aliphatic heterocycles. The van der Waals surface area contributed by atoms with Crippen LogP contribution >= 0.6 is 0 Å². The van der Waals surface area contributed by atoms with Gasteiger partial charge in [-0.25, -0.2) is 4.39 Å². The van der Waals surface area contributed by atoms with Crippen LogP contribution in [0, 0.1) is 5.82 Å². The molecule has 0 saturated carbocycles. The minimum absolute atomic E-state index is 0.0682. The van der Waals surface area contributed by atoms with Crippen molar-refractivity contribution in [2.45, 2.75) is 0 Å². The number of benzene rings is 3. The lowest BCUT2D eigenvalue weighted by molar-refractivity contribution is -0.118. The summed E-state index contributed by atoms with van der Waals surface area (Å²) in [7, 11) is 0. The fraction of sp³-hybridized carbons (Fsp3) is 0.185. The summed E-state index contributed by atoms with van der Waals surface area (Å²) in [5.41, 5.74) is 1.35. The van der Waals surface area contributed by atoms with Gasteiger partial charge in [0.2, 0.25) is 5.76 Å². The van der Waals surface area contributed by atoms with E-state index in [0.29, 0.717) is 54.3 Å². The number of carbonyl (C=O) groups is 2. The molecule has 0 bridgehead atoms. The van der Waals surface area contributed by atoms with Crippen LogP contribution < -0.4 is 15.0 Å². The van der Waals surface area contributed by atoms with E-state index in [4.69, 9.17) is 9.15 Å². The van der Waals surface area contributed by atoms with Crippen LogP contribution in [-0.4, -0.2) is 49.5 Å². The highest BCUT2D eigenvalue weighted by atomic mass is 19.1. The van der Waals surface area contributed by atoms with E-state index in [-0.39, 0.29) is 24.1 Å². The molecule has 1 fully saturated rings. The van der Waals surface area contributed by atoms with Crippen LogP contribution in [-0.2, 0) is 4.79 Å². The van der Waals surface area contributed by atoms with Crippen molar-refractivity contribution >= 4 is 34.2 Å². The second-order valence-corrected chi connectivity index (χ2v) is 8.18. The highest BCUT2D eigenvalue weighted by molar-refractivity contribution is 6.11. The summed E-state index contributed by atoms with van der Waals surface area (Å²) in [6.45, 7) is 1.56. The van der Waals surface area contributed by atoms with E-state index in [1.165, 1.54) is 6.07 Å². The number of halogens is 1. The van der Waals surface area contributed by atoms with E-state index in [9.17, 15) is 14.0 Å². The van der Waals surface area contributed by atoms with Crippen molar-refractivity contribution < 1.29 is 23.1 Å². The summed E-state index contributed by atoms with van der Waals surface area (Å²) in [6.07, 6.45) is 0. The number of carbonyl (C=O) groups excluding carboxylic acids is 2. The number of hydrogen-bond acceptors (Lipinski definition) is 5. The Morgan fingerprint density at radius 1 is 0.886 bits per heavy atom. The molecule has 4 aromatic rings. The van der Waals surface area contributed by atoms with Crippen LogP contribution in [0.2, 0.25) is 0 Å². The molecule has 1 N–H and O–H groups in total. The standard InChI is InChI=1S/C27H24FN3O4/c28-21-11-5-6-12-22(21)30-14-16-31(17-15-30)27(33)26-25(20-10-4-7-13-23(20)35-26)29-24(32)18-34-19-8-2-1-3-9-19/h1-13H,14-18H2,(H,29,32). The third-order valence-electron chi connectivity index (χ3n) is 5.93. The number of amides is 2. The van der Waals surface area contributed by atoms with Gasteiger partial charge >= 0.3 is 0 Å². The number of hydrogen-bond donors (Lipinski definition) is 1. The second kappa shape index (κ2) is 9.89. The van der Waals surface area contributed by atoms with Crippen molar-refractivity contribution in [1.82, 2.24) is 4.90 Å². The minimum atomic E-state index is -0.404. The first kappa shape index (κ1) is 22.5. The largest absolute Gasteiger partial charge is 0.484 e. The van der Waals surface area contributed by atoms with Gasteiger partial charge in [0, 0.05) is 31.6 Å². The first-order valence-corrected chi connectivity index (χ1v) is 11.4. The molecule has 35 heavy (non-hydrogen) atoms. The van der Waals surface area contributed by atoms with Gasteiger partial charge in [-0.15, -0.1) is 0 Å². The third-order valence-corrected chi connectivity index (χ3v) is 5.93. The zero-order chi connectivity index (χ0) is 24.2. The molecule has 7 nitrogen and oxygen atoms in total. The molecular formula is C27H24FN3O4. The lowest BCUT2D eigenvalue weighted by Gasteiger charge is -2.35. The predicted octanol–water partition coefficient (Wildman–Crippen LogP) is 4.55. The molecule has 1 saturated heterocycles. The normalized spacial score (nSPS) is 13.6. The van der Waals surface area contributed by atoms with E-state index in [1.54, 1.807) is 53.4 Å². The number of fused-ring (bicyclic) bond motifs is 1. The van der Waals surface area contributed by atoms with E-state index in [0.717, 1.165) is 0 Å². The van der Waals surface area contributed by atoms with Crippen LogP contribution in [0.25, 0.3) is 11.0 Å². The number of nitrogens with zero attached hydrogens (tertiary/aromatic N) is 2. The number of ether oxygens (including phenoxy) is 1. The number of anilines is 2. The highest BCUT2D eigenvalue weighted by Crippen LogP contribution is 2.32. The average molecular weight is 474 g/mol. The van der Waals surface area contributed by atoms with Gasteiger partial charge in [0.25, 0.3) is 11.8 Å². The van der Waals surface area contributed by atoms with Crippen LogP contribution in [0.3, 0.4) is 0 Å². The average Bonchev–Trinajstić information content (AvgIpc) is 3.26.